The van der Waals surface area contributed by atoms with E-state index in [0.29, 0.717) is 0 Å². The van der Waals surface area contributed by atoms with Crippen LogP contribution in [0.15, 0.2) is 0 Å². The van der Waals surface area contributed by atoms with Crippen molar-refractivity contribution in [2.75, 3.05) is 26.4 Å². The summed E-state index contributed by atoms with van der Waals surface area (Å²) in [6.07, 6.45) is 40.3. The molecule has 0 rings (SSSR count). The summed E-state index contributed by atoms with van der Waals surface area (Å²) in [5.74, 6) is 0. The van der Waals surface area contributed by atoms with Crippen LogP contribution in [0.25, 0.3) is 0 Å². The van der Waals surface area contributed by atoms with Gasteiger partial charge in [0.2, 0.25) is 0 Å². The molecule has 0 atom stereocenters. The molecular formula is C35H72O2. The van der Waals surface area contributed by atoms with Crippen LogP contribution >= 0.6 is 0 Å². The minimum Gasteiger partial charge on any atom is -0.381 e. The normalized spacial score (nSPS) is 11.5. The zero-order valence-corrected chi connectivity index (χ0v) is 26.2. The van der Waals surface area contributed by atoms with Gasteiger partial charge >= 0.3 is 0 Å². The van der Waals surface area contributed by atoms with E-state index in [-0.39, 0.29) is 0 Å². The van der Waals surface area contributed by atoms with Crippen LogP contribution in [0.4, 0.5) is 0 Å². The third-order valence-electron chi connectivity index (χ3n) is 7.86. The molecule has 0 unspecified atom stereocenters. The van der Waals surface area contributed by atoms with Crippen molar-refractivity contribution in [2.24, 2.45) is 0 Å². The van der Waals surface area contributed by atoms with Gasteiger partial charge in [-0.2, -0.15) is 0 Å². The Kier molecular flexibility index (Phi) is 35.8. The van der Waals surface area contributed by atoms with Crippen LogP contribution in [-0.2, 0) is 9.47 Å². The number of hydrogen-bond donors (Lipinski definition) is 0. The summed E-state index contributed by atoms with van der Waals surface area (Å²) in [7, 11) is 0. The highest BCUT2D eigenvalue weighted by molar-refractivity contribution is 4.50. The zero-order chi connectivity index (χ0) is 26.7. The maximum atomic E-state index is 5.84. The van der Waals surface area contributed by atoms with E-state index in [1.54, 1.807) is 0 Å². The van der Waals surface area contributed by atoms with Crippen LogP contribution in [-0.4, -0.2) is 26.4 Å². The molecule has 0 saturated carbocycles. The second-order valence-electron chi connectivity index (χ2n) is 11.8. The van der Waals surface area contributed by atoms with Crippen molar-refractivity contribution in [3.63, 3.8) is 0 Å². The first-order valence-electron chi connectivity index (χ1n) is 17.6. The molecule has 0 aromatic rings. The molecule has 0 aromatic heterocycles. The van der Waals surface area contributed by atoms with E-state index in [4.69, 9.17) is 9.47 Å². The minimum absolute atomic E-state index is 0.966. The highest BCUT2D eigenvalue weighted by Gasteiger charge is 1.97. The molecule has 2 heteroatoms. The predicted molar refractivity (Wildman–Crippen MR) is 167 cm³/mol. The molecule has 224 valence electrons. The van der Waals surface area contributed by atoms with Gasteiger partial charge in [-0.3, -0.25) is 0 Å². The first-order chi connectivity index (χ1) is 18.4. The molecule has 0 radical (unpaired) electrons. The smallest absolute Gasteiger partial charge is 0.0466 e. The van der Waals surface area contributed by atoms with E-state index in [9.17, 15) is 0 Å². The summed E-state index contributed by atoms with van der Waals surface area (Å²) in [5.41, 5.74) is 0. The minimum atomic E-state index is 0.966. The molecule has 0 amide bonds. The molecule has 0 saturated heterocycles. The van der Waals surface area contributed by atoms with E-state index < -0.39 is 0 Å². The highest BCUT2D eigenvalue weighted by Crippen LogP contribution is 2.13. The lowest BCUT2D eigenvalue weighted by atomic mass is 10.1. The summed E-state index contributed by atoms with van der Waals surface area (Å²) in [6, 6.07) is 0. The Hall–Kier alpha value is -0.0800. The van der Waals surface area contributed by atoms with E-state index in [2.05, 4.69) is 13.8 Å². The molecule has 0 aromatic carbocycles. The quantitative estimate of drug-likeness (QED) is 0.0779. The van der Waals surface area contributed by atoms with Crippen molar-refractivity contribution in [2.45, 2.75) is 200 Å². The molecule has 0 bridgehead atoms. The summed E-state index contributed by atoms with van der Waals surface area (Å²) in [4.78, 5) is 0. The van der Waals surface area contributed by atoms with Gasteiger partial charge in [0.15, 0.2) is 0 Å². The summed E-state index contributed by atoms with van der Waals surface area (Å²) in [6.45, 7) is 8.48. The fourth-order valence-electron chi connectivity index (χ4n) is 5.23. The van der Waals surface area contributed by atoms with Crippen molar-refractivity contribution in [3.8, 4) is 0 Å². The molecule has 0 aliphatic carbocycles. The van der Waals surface area contributed by atoms with Crippen LogP contribution in [0.2, 0.25) is 0 Å². The van der Waals surface area contributed by atoms with Gasteiger partial charge in [-0.15, -0.1) is 0 Å². The summed E-state index contributed by atoms with van der Waals surface area (Å²) < 4.78 is 11.7. The third-order valence-corrected chi connectivity index (χ3v) is 7.86. The van der Waals surface area contributed by atoms with E-state index in [1.165, 1.54) is 186 Å². The topological polar surface area (TPSA) is 18.5 Å². The van der Waals surface area contributed by atoms with Crippen LogP contribution in [0.5, 0.6) is 0 Å². The Bertz CT molecular complexity index is 336. The molecule has 0 aliphatic rings. The van der Waals surface area contributed by atoms with Crippen molar-refractivity contribution in [1.82, 2.24) is 0 Å². The zero-order valence-electron chi connectivity index (χ0n) is 26.2. The largest absolute Gasteiger partial charge is 0.381 e. The van der Waals surface area contributed by atoms with Crippen LogP contribution in [0.1, 0.15) is 200 Å². The van der Waals surface area contributed by atoms with Crippen LogP contribution in [0, 0.1) is 0 Å². The summed E-state index contributed by atoms with van der Waals surface area (Å²) in [5, 5.41) is 0. The third kappa shape index (κ3) is 35.9. The Morgan fingerprint density at radius 2 is 0.378 bits per heavy atom. The van der Waals surface area contributed by atoms with Gasteiger partial charge in [0, 0.05) is 26.4 Å². The number of unbranched alkanes of at least 4 members (excludes halogenated alkanes) is 26. The van der Waals surface area contributed by atoms with E-state index in [1.807, 2.05) is 0 Å². The number of rotatable bonds is 34. The highest BCUT2D eigenvalue weighted by atomic mass is 16.5. The molecule has 0 fully saturated rings. The van der Waals surface area contributed by atoms with Gasteiger partial charge in [0.05, 0.1) is 0 Å². The number of hydrogen-bond acceptors (Lipinski definition) is 2. The van der Waals surface area contributed by atoms with Crippen molar-refractivity contribution in [3.05, 3.63) is 0 Å². The van der Waals surface area contributed by atoms with Gasteiger partial charge in [-0.05, 0) is 25.7 Å². The first-order valence-corrected chi connectivity index (χ1v) is 17.6. The van der Waals surface area contributed by atoms with Gasteiger partial charge in [-0.1, -0.05) is 174 Å². The van der Waals surface area contributed by atoms with Crippen molar-refractivity contribution >= 4 is 0 Å². The Morgan fingerprint density at radius 1 is 0.216 bits per heavy atom. The monoisotopic (exact) mass is 525 g/mol. The van der Waals surface area contributed by atoms with E-state index in [0.717, 1.165) is 26.4 Å². The first kappa shape index (κ1) is 36.9. The lowest BCUT2D eigenvalue weighted by molar-refractivity contribution is 0.121. The molecule has 0 spiro atoms. The molecular weight excluding hydrogens is 452 g/mol. The average Bonchev–Trinajstić information content (AvgIpc) is 2.91. The SMILES string of the molecule is CCCCCCCCCCCCCCOCCCCCCCOCCCCCCCCCCCCCC. The Morgan fingerprint density at radius 3 is 0.568 bits per heavy atom. The fraction of sp³-hybridized carbons (Fsp3) is 1.00. The average molecular weight is 525 g/mol. The Labute approximate surface area is 235 Å². The van der Waals surface area contributed by atoms with Gasteiger partial charge in [0.1, 0.15) is 0 Å². The maximum absolute atomic E-state index is 5.84. The maximum Gasteiger partial charge on any atom is 0.0466 e. The molecule has 0 N–H and O–H groups in total. The molecule has 37 heavy (non-hydrogen) atoms. The van der Waals surface area contributed by atoms with Gasteiger partial charge in [-0.25, -0.2) is 0 Å². The molecule has 2 nitrogen and oxygen atoms in total. The van der Waals surface area contributed by atoms with E-state index >= 15 is 0 Å². The summed E-state index contributed by atoms with van der Waals surface area (Å²) >= 11 is 0. The predicted octanol–water partition coefficient (Wildman–Crippen LogP) is 12.4. The standard InChI is InChI=1S/C35H72O2/c1-3-5-7-9-11-13-15-17-19-21-24-28-32-36-34-30-26-23-27-31-35-37-33-29-25-22-20-18-16-14-12-10-8-6-4-2/h3-35H2,1-2H3. The van der Waals surface area contributed by atoms with Gasteiger partial charge < -0.3 is 9.47 Å². The number of ether oxygens (including phenoxy) is 2. The lowest BCUT2D eigenvalue weighted by Crippen LogP contribution is -1.98. The molecule has 0 heterocycles. The lowest BCUT2D eigenvalue weighted by Gasteiger charge is -2.06. The Balaban J connectivity index is 3.00. The second-order valence-corrected chi connectivity index (χ2v) is 11.8. The molecule has 0 aliphatic heterocycles. The van der Waals surface area contributed by atoms with Crippen molar-refractivity contribution < 1.29 is 9.47 Å². The van der Waals surface area contributed by atoms with Crippen molar-refractivity contribution in [1.29, 1.82) is 0 Å². The fourth-order valence-corrected chi connectivity index (χ4v) is 5.23. The van der Waals surface area contributed by atoms with Crippen LogP contribution in [0.3, 0.4) is 0 Å². The van der Waals surface area contributed by atoms with Crippen LogP contribution < -0.4 is 0 Å². The van der Waals surface area contributed by atoms with Gasteiger partial charge in [0.25, 0.3) is 0 Å². The second kappa shape index (κ2) is 35.9.